The first-order valence-electron chi connectivity index (χ1n) is 6.99. The van der Waals surface area contributed by atoms with Crippen molar-refractivity contribution in [3.05, 3.63) is 29.8 Å². The molecule has 0 heterocycles. The summed E-state index contributed by atoms with van der Waals surface area (Å²) in [6.45, 7) is 2.56. The highest BCUT2D eigenvalue weighted by molar-refractivity contribution is 5.87. The second-order valence-electron chi connectivity index (χ2n) is 5.02. The number of amides is 2. The Kier molecular flexibility index (Phi) is 6.68. The molecule has 0 aliphatic heterocycles. The number of benzene rings is 1. The standard InChI is InChI=1S/C15H23N3O3/c1-3-8-17-14(20)10-18(2)15(21)13(16)9-11-4-6-12(19)7-5-11/h4-7,13,19H,3,8-10,16H2,1-2H3,(H,17,20)/t13-/m0/s1. The van der Waals surface area contributed by atoms with E-state index in [-0.39, 0.29) is 24.1 Å². The summed E-state index contributed by atoms with van der Waals surface area (Å²) in [5.74, 6) is -0.303. The number of hydrogen-bond acceptors (Lipinski definition) is 4. The van der Waals surface area contributed by atoms with Crippen LogP contribution < -0.4 is 11.1 Å². The molecule has 1 atom stereocenters. The van der Waals surface area contributed by atoms with Gasteiger partial charge in [0.15, 0.2) is 0 Å². The third kappa shape index (κ3) is 5.83. The van der Waals surface area contributed by atoms with Crippen molar-refractivity contribution in [1.29, 1.82) is 0 Å². The topological polar surface area (TPSA) is 95.7 Å². The average Bonchev–Trinajstić information content (AvgIpc) is 2.46. The molecule has 6 heteroatoms. The van der Waals surface area contributed by atoms with Gasteiger partial charge >= 0.3 is 0 Å². The lowest BCUT2D eigenvalue weighted by Gasteiger charge is -2.21. The number of carbonyl (C=O) groups is 2. The minimum absolute atomic E-state index is 0.00209. The fourth-order valence-electron chi connectivity index (χ4n) is 1.87. The molecule has 0 aliphatic carbocycles. The van der Waals surface area contributed by atoms with Gasteiger partial charge in [-0.05, 0) is 30.5 Å². The molecule has 0 spiro atoms. The molecule has 0 saturated heterocycles. The van der Waals surface area contributed by atoms with Gasteiger partial charge in [-0.25, -0.2) is 0 Å². The lowest BCUT2D eigenvalue weighted by atomic mass is 10.1. The molecule has 116 valence electrons. The van der Waals surface area contributed by atoms with Crippen molar-refractivity contribution in [2.24, 2.45) is 5.73 Å². The first-order valence-corrected chi connectivity index (χ1v) is 6.99. The fourth-order valence-corrected chi connectivity index (χ4v) is 1.87. The summed E-state index contributed by atoms with van der Waals surface area (Å²) < 4.78 is 0. The normalized spacial score (nSPS) is 11.8. The van der Waals surface area contributed by atoms with Crippen molar-refractivity contribution >= 4 is 11.8 Å². The first kappa shape index (κ1) is 17.0. The van der Waals surface area contributed by atoms with Crippen LogP contribution in [0.5, 0.6) is 5.75 Å². The second kappa shape index (κ2) is 8.26. The van der Waals surface area contributed by atoms with Crippen molar-refractivity contribution in [1.82, 2.24) is 10.2 Å². The number of rotatable bonds is 7. The van der Waals surface area contributed by atoms with Gasteiger partial charge in [-0.2, -0.15) is 0 Å². The van der Waals surface area contributed by atoms with Crippen molar-refractivity contribution in [2.45, 2.75) is 25.8 Å². The van der Waals surface area contributed by atoms with Crippen LogP contribution in [0.2, 0.25) is 0 Å². The molecule has 4 N–H and O–H groups in total. The smallest absolute Gasteiger partial charge is 0.240 e. The maximum atomic E-state index is 12.1. The highest BCUT2D eigenvalue weighted by Crippen LogP contribution is 2.11. The maximum Gasteiger partial charge on any atom is 0.240 e. The van der Waals surface area contributed by atoms with Crippen LogP contribution in [-0.4, -0.2) is 48.0 Å². The Morgan fingerprint density at radius 3 is 2.52 bits per heavy atom. The van der Waals surface area contributed by atoms with E-state index in [1.807, 2.05) is 6.92 Å². The van der Waals surface area contributed by atoms with Crippen LogP contribution in [0.4, 0.5) is 0 Å². The molecular formula is C15H23N3O3. The molecule has 1 aromatic carbocycles. The Morgan fingerprint density at radius 1 is 1.33 bits per heavy atom. The number of carbonyl (C=O) groups excluding carboxylic acids is 2. The lowest BCUT2D eigenvalue weighted by Crippen LogP contribution is -2.46. The quantitative estimate of drug-likeness (QED) is 0.671. The molecule has 0 saturated carbocycles. The lowest BCUT2D eigenvalue weighted by molar-refractivity contribution is -0.135. The zero-order valence-electron chi connectivity index (χ0n) is 12.5. The zero-order valence-corrected chi connectivity index (χ0v) is 12.5. The number of nitrogens with two attached hydrogens (primary N) is 1. The Bertz CT molecular complexity index is 474. The molecule has 0 fully saturated rings. The Morgan fingerprint density at radius 2 is 1.95 bits per heavy atom. The summed E-state index contributed by atoms with van der Waals surface area (Å²) in [6, 6.07) is 5.83. The van der Waals surface area contributed by atoms with Gasteiger partial charge in [-0.1, -0.05) is 19.1 Å². The van der Waals surface area contributed by atoms with E-state index in [1.165, 1.54) is 4.90 Å². The summed E-state index contributed by atoms with van der Waals surface area (Å²) in [6.07, 6.45) is 1.21. The molecule has 0 unspecified atom stereocenters. The summed E-state index contributed by atoms with van der Waals surface area (Å²) in [7, 11) is 1.56. The van der Waals surface area contributed by atoms with Crippen LogP contribution in [0.1, 0.15) is 18.9 Å². The fraction of sp³-hybridized carbons (Fsp3) is 0.467. The van der Waals surface area contributed by atoms with Crippen molar-refractivity contribution in [2.75, 3.05) is 20.1 Å². The van der Waals surface area contributed by atoms with E-state index < -0.39 is 6.04 Å². The van der Waals surface area contributed by atoms with Gasteiger partial charge in [-0.15, -0.1) is 0 Å². The number of phenolic OH excluding ortho intramolecular Hbond substituents is 1. The van der Waals surface area contributed by atoms with Crippen LogP contribution in [0.15, 0.2) is 24.3 Å². The van der Waals surface area contributed by atoms with Gasteiger partial charge in [0.1, 0.15) is 5.75 Å². The second-order valence-corrected chi connectivity index (χ2v) is 5.02. The summed E-state index contributed by atoms with van der Waals surface area (Å²) in [4.78, 5) is 25.0. The van der Waals surface area contributed by atoms with E-state index in [2.05, 4.69) is 5.32 Å². The van der Waals surface area contributed by atoms with Gasteiger partial charge in [0, 0.05) is 13.6 Å². The minimum atomic E-state index is -0.710. The number of phenols is 1. The predicted octanol–water partition coefficient (Wildman–Crippen LogP) is 0.247. The Hall–Kier alpha value is -2.08. The third-order valence-electron chi connectivity index (χ3n) is 3.04. The van der Waals surface area contributed by atoms with Crippen molar-refractivity contribution < 1.29 is 14.7 Å². The molecule has 21 heavy (non-hydrogen) atoms. The molecular weight excluding hydrogens is 270 g/mol. The van der Waals surface area contributed by atoms with E-state index in [1.54, 1.807) is 31.3 Å². The summed E-state index contributed by atoms with van der Waals surface area (Å²) in [5, 5.41) is 11.9. The number of aromatic hydroxyl groups is 1. The van der Waals surface area contributed by atoms with Crippen LogP contribution in [0.3, 0.4) is 0 Å². The van der Waals surface area contributed by atoms with E-state index in [9.17, 15) is 14.7 Å². The van der Waals surface area contributed by atoms with Crippen molar-refractivity contribution in [3.8, 4) is 5.75 Å². The average molecular weight is 293 g/mol. The highest BCUT2D eigenvalue weighted by Gasteiger charge is 2.20. The number of hydrogen-bond donors (Lipinski definition) is 3. The molecule has 6 nitrogen and oxygen atoms in total. The molecule has 0 aliphatic rings. The minimum Gasteiger partial charge on any atom is -0.508 e. The molecule has 0 bridgehead atoms. The van der Waals surface area contributed by atoms with Gasteiger partial charge < -0.3 is 21.1 Å². The van der Waals surface area contributed by atoms with Crippen LogP contribution in [0, 0.1) is 0 Å². The van der Waals surface area contributed by atoms with Gasteiger partial charge in [0.25, 0.3) is 0 Å². The Balaban J connectivity index is 2.49. The number of nitrogens with zero attached hydrogens (tertiary/aromatic N) is 1. The van der Waals surface area contributed by atoms with Gasteiger partial charge in [0.05, 0.1) is 12.6 Å². The van der Waals surface area contributed by atoms with Crippen molar-refractivity contribution in [3.63, 3.8) is 0 Å². The van der Waals surface area contributed by atoms with Gasteiger partial charge in [-0.3, -0.25) is 9.59 Å². The van der Waals surface area contributed by atoms with E-state index >= 15 is 0 Å². The SMILES string of the molecule is CCCNC(=O)CN(C)C(=O)[C@@H](N)Cc1ccc(O)cc1. The highest BCUT2D eigenvalue weighted by atomic mass is 16.3. The molecule has 0 aromatic heterocycles. The number of likely N-dealkylation sites (N-methyl/N-ethyl adjacent to an activating group) is 1. The monoisotopic (exact) mass is 293 g/mol. The zero-order chi connectivity index (χ0) is 15.8. The predicted molar refractivity (Wildman–Crippen MR) is 80.7 cm³/mol. The van der Waals surface area contributed by atoms with E-state index in [0.29, 0.717) is 13.0 Å². The molecule has 1 aromatic rings. The molecule has 0 radical (unpaired) electrons. The first-order chi connectivity index (χ1) is 9.93. The number of nitrogens with one attached hydrogen (secondary N) is 1. The maximum absolute atomic E-state index is 12.1. The summed E-state index contributed by atoms with van der Waals surface area (Å²) in [5.41, 5.74) is 6.74. The van der Waals surface area contributed by atoms with Crippen LogP contribution in [-0.2, 0) is 16.0 Å². The van der Waals surface area contributed by atoms with Gasteiger partial charge in [0.2, 0.25) is 11.8 Å². The van der Waals surface area contributed by atoms with Crippen LogP contribution in [0.25, 0.3) is 0 Å². The van der Waals surface area contributed by atoms with E-state index in [0.717, 1.165) is 12.0 Å². The van der Waals surface area contributed by atoms with E-state index in [4.69, 9.17) is 5.73 Å². The largest absolute Gasteiger partial charge is 0.508 e. The van der Waals surface area contributed by atoms with Crippen LogP contribution >= 0.6 is 0 Å². The Labute approximate surface area is 124 Å². The molecule has 1 rings (SSSR count). The molecule has 2 amide bonds. The summed E-state index contributed by atoms with van der Waals surface area (Å²) >= 11 is 0. The third-order valence-corrected chi connectivity index (χ3v) is 3.04.